The second-order valence-electron chi connectivity index (χ2n) is 5.73. The highest BCUT2D eigenvalue weighted by Gasteiger charge is 2.40. The number of unbranched alkanes of at least 4 members (excludes halogenated alkanes) is 1. The van der Waals surface area contributed by atoms with Crippen molar-refractivity contribution in [1.29, 1.82) is 0 Å². The molecule has 1 aliphatic rings. The van der Waals surface area contributed by atoms with Gasteiger partial charge in [0.05, 0.1) is 5.41 Å². The summed E-state index contributed by atoms with van der Waals surface area (Å²) in [6.07, 6.45) is 9.58. The van der Waals surface area contributed by atoms with Gasteiger partial charge in [-0.3, -0.25) is 9.59 Å². The highest BCUT2D eigenvalue weighted by Crippen LogP contribution is 2.38. The van der Waals surface area contributed by atoms with Crippen LogP contribution >= 0.6 is 11.8 Å². The fraction of sp³-hybridized carbons (Fsp3) is 0.867. The molecule has 0 radical (unpaired) electrons. The van der Waals surface area contributed by atoms with E-state index in [1.165, 1.54) is 0 Å². The first-order valence-corrected chi connectivity index (χ1v) is 8.99. The van der Waals surface area contributed by atoms with Crippen molar-refractivity contribution in [3.8, 4) is 0 Å². The summed E-state index contributed by atoms with van der Waals surface area (Å²) in [6.45, 7) is 0.662. The van der Waals surface area contributed by atoms with E-state index in [-0.39, 0.29) is 12.3 Å². The van der Waals surface area contributed by atoms with E-state index in [1.54, 1.807) is 11.8 Å². The fourth-order valence-corrected chi connectivity index (χ4v) is 3.33. The van der Waals surface area contributed by atoms with Crippen molar-refractivity contribution in [3.63, 3.8) is 0 Å². The number of hydrogen-bond acceptors (Lipinski definition) is 3. The molecule has 4 nitrogen and oxygen atoms in total. The SMILES string of the molecule is CSCCCCNC(=O)CC1(C(=O)O)CCCCCC1. The van der Waals surface area contributed by atoms with Crippen LogP contribution in [0.1, 0.15) is 57.8 Å². The first kappa shape index (κ1) is 17.3. The van der Waals surface area contributed by atoms with E-state index in [9.17, 15) is 14.7 Å². The summed E-state index contributed by atoms with van der Waals surface area (Å²) in [4.78, 5) is 23.6. The molecule has 116 valence electrons. The second-order valence-corrected chi connectivity index (χ2v) is 6.71. The Kier molecular flexibility index (Phi) is 8.04. The maximum Gasteiger partial charge on any atom is 0.310 e. The molecule has 1 aliphatic carbocycles. The number of thioether (sulfide) groups is 1. The lowest BCUT2D eigenvalue weighted by molar-refractivity contribution is -0.152. The molecule has 0 spiro atoms. The van der Waals surface area contributed by atoms with Gasteiger partial charge >= 0.3 is 5.97 Å². The first-order chi connectivity index (χ1) is 9.60. The van der Waals surface area contributed by atoms with Crippen molar-refractivity contribution in [1.82, 2.24) is 5.32 Å². The fourth-order valence-electron chi connectivity index (χ4n) is 2.84. The molecule has 5 heteroatoms. The predicted molar refractivity (Wildman–Crippen MR) is 83.0 cm³/mol. The normalized spacial score (nSPS) is 18.2. The molecule has 0 unspecified atom stereocenters. The minimum atomic E-state index is -0.820. The molecule has 0 aromatic rings. The third-order valence-corrected chi connectivity index (χ3v) is 4.81. The summed E-state index contributed by atoms with van der Waals surface area (Å²) in [7, 11) is 0. The Bertz CT molecular complexity index is 312. The van der Waals surface area contributed by atoms with Crippen LogP contribution in [0.5, 0.6) is 0 Å². The molecule has 0 saturated heterocycles. The summed E-state index contributed by atoms with van der Waals surface area (Å²) >= 11 is 1.80. The summed E-state index contributed by atoms with van der Waals surface area (Å²) in [5.74, 6) is 0.213. The first-order valence-electron chi connectivity index (χ1n) is 7.60. The Hall–Kier alpha value is -0.710. The third-order valence-electron chi connectivity index (χ3n) is 4.11. The van der Waals surface area contributed by atoms with Gasteiger partial charge in [-0.1, -0.05) is 25.7 Å². The molecule has 0 aromatic heterocycles. The molecule has 2 N–H and O–H groups in total. The molecule has 0 atom stereocenters. The van der Waals surface area contributed by atoms with E-state index in [0.717, 1.165) is 44.3 Å². The molecule has 1 fully saturated rings. The quantitative estimate of drug-likeness (QED) is 0.534. The van der Waals surface area contributed by atoms with Crippen LogP contribution in [-0.4, -0.2) is 35.5 Å². The number of carboxylic acids is 1. The maximum absolute atomic E-state index is 12.0. The van der Waals surface area contributed by atoms with Crippen LogP contribution in [0.25, 0.3) is 0 Å². The van der Waals surface area contributed by atoms with Crippen molar-refractivity contribution in [2.75, 3.05) is 18.6 Å². The van der Waals surface area contributed by atoms with E-state index in [2.05, 4.69) is 11.6 Å². The topological polar surface area (TPSA) is 66.4 Å². The number of carbonyl (C=O) groups is 2. The lowest BCUT2D eigenvalue weighted by Crippen LogP contribution is -2.37. The molecule has 0 aliphatic heterocycles. The Morgan fingerprint density at radius 2 is 1.80 bits per heavy atom. The number of amides is 1. The zero-order chi connectivity index (χ0) is 14.8. The number of carboxylic acid groups (broad SMARTS) is 1. The number of carbonyl (C=O) groups excluding carboxylic acids is 1. The summed E-state index contributed by atoms with van der Waals surface area (Å²) in [5, 5.41) is 12.4. The molecule has 20 heavy (non-hydrogen) atoms. The molecule has 1 rings (SSSR count). The molecular formula is C15H27NO3S. The van der Waals surface area contributed by atoms with Crippen LogP contribution in [0, 0.1) is 5.41 Å². The van der Waals surface area contributed by atoms with Crippen LogP contribution in [-0.2, 0) is 9.59 Å². The Labute approximate surface area is 126 Å². The number of nitrogens with one attached hydrogen (secondary N) is 1. The van der Waals surface area contributed by atoms with Crippen LogP contribution < -0.4 is 5.32 Å². The van der Waals surface area contributed by atoms with Gasteiger partial charge in [-0.05, 0) is 37.7 Å². The lowest BCUT2D eigenvalue weighted by Gasteiger charge is -2.27. The molecule has 1 amide bonds. The Balaban J connectivity index is 2.40. The van der Waals surface area contributed by atoms with Gasteiger partial charge in [-0.25, -0.2) is 0 Å². The van der Waals surface area contributed by atoms with Crippen molar-refractivity contribution in [2.24, 2.45) is 5.41 Å². The highest BCUT2D eigenvalue weighted by atomic mass is 32.2. The van der Waals surface area contributed by atoms with E-state index >= 15 is 0 Å². The highest BCUT2D eigenvalue weighted by molar-refractivity contribution is 7.98. The van der Waals surface area contributed by atoms with Gasteiger partial charge < -0.3 is 10.4 Å². The average molecular weight is 301 g/mol. The Morgan fingerprint density at radius 3 is 2.35 bits per heavy atom. The van der Waals surface area contributed by atoms with Crippen LogP contribution in [0.3, 0.4) is 0 Å². The molecule has 0 heterocycles. The zero-order valence-corrected chi connectivity index (χ0v) is 13.3. The lowest BCUT2D eigenvalue weighted by atomic mass is 9.77. The van der Waals surface area contributed by atoms with Gasteiger partial charge in [0.2, 0.25) is 5.91 Å². The van der Waals surface area contributed by atoms with Gasteiger partial charge in [0.1, 0.15) is 0 Å². The van der Waals surface area contributed by atoms with Crippen LogP contribution in [0.2, 0.25) is 0 Å². The van der Waals surface area contributed by atoms with Gasteiger partial charge in [0.15, 0.2) is 0 Å². The van der Waals surface area contributed by atoms with E-state index in [1.807, 2.05) is 0 Å². The van der Waals surface area contributed by atoms with Gasteiger partial charge in [-0.15, -0.1) is 0 Å². The van der Waals surface area contributed by atoms with Crippen molar-refractivity contribution in [2.45, 2.75) is 57.8 Å². The standard InChI is InChI=1S/C15H27NO3S/c1-20-11-7-6-10-16-13(17)12-15(14(18)19)8-4-2-3-5-9-15/h2-12H2,1H3,(H,16,17)(H,18,19). The van der Waals surface area contributed by atoms with Crippen LogP contribution in [0.15, 0.2) is 0 Å². The van der Waals surface area contributed by atoms with Crippen LogP contribution in [0.4, 0.5) is 0 Å². The van der Waals surface area contributed by atoms with Crippen molar-refractivity contribution in [3.05, 3.63) is 0 Å². The van der Waals surface area contributed by atoms with E-state index in [0.29, 0.717) is 19.4 Å². The van der Waals surface area contributed by atoms with Gasteiger partial charge in [-0.2, -0.15) is 11.8 Å². The predicted octanol–water partition coefficient (Wildman–Crippen LogP) is 3.06. The zero-order valence-electron chi connectivity index (χ0n) is 12.5. The third kappa shape index (κ3) is 5.73. The summed E-state index contributed by atoms with van der Waals surface area (Å²) in [6, 6.07) is 0. The molecular weight excluding hydrogens is 274 g/mol. The van der Waals surface area contributed by atoms with Crippen molar-refractivity contribution >= 4 is 23.6 Å². The Morgan fingerprint density at radius 1 is 1.15 bits per heavy atom. The van der Waals surface area contributed by atoms with Crippen molar-refractivity contribution < 1.29 is 14.7 Å². The monoisotopic (exact) mass is 301 g/mol. The minimum Gasteiger partial charge on any atom is -0.481 e. The minimum absolute atomic E-state index is 0.0987. The smallest absolute Gasteiger partial charge is 0.310 e. The van der Waals surface area contributed by atoms with Gasteiger partial charge in [0, 0.05) is 13.0 Å². The second kappa shape index (κ2) is 9.27. The molecule has 1 saturated carbocycles. The molecule has 0 bridgehead atoms. The number of hydrogen-bond donors (Lipinski definition) is 2. The number of aliphatic carboxylic acids is 1. The summed E-state index contributed by atoms with van der Waals surface area (Å²) < 4.78 is 0. The van der Waals surface area contributed by atoms with Gasteiger partial charge in [0.25, 0.3) is 0 Å². The number of rotatable bonds is 8. The summed E-state index contributed by atoms with van der Waals surface area (Å²) in [5.41, 5.74) is -0.820. The largest absolute Gasteiger partial charge is 0.481 e. The van der Waals surface area contributed by atoms with E-state index < -0.39 is 11.4 Å². The molecule has 0 aromatic carbocycles. The van der Waals surface area contributed by atoms with E-state index in [4.69, 9.17) is 0 Å². The average Bonchev–Trinajstić information content (AvgIpc) is 2.65. The maximum atomic E-state index is 12.0.